The smallest absolute Gasteiger partial charge is 0.242 e. The third-order valence-electron chi connectivity index (χ3n) is 2.77. The predicted octanol–water partition coefficient (Wildman–Crippen LogP) is 2.80. The summed E-state index contributed by atoms with van der Waals surface area (Å²) in [7, 11) is -3.72. The van der Waals surface area contributed by atoms with E-state index < -0.39 is 16.1 Å². The van der Waals surface area contributed by atoms with Gasteiger partial charge in [0, 0.05) is 12.7 Å². The van der Waals surface area contributed by atoms with Gasteiger partial charge in [0.25, 0.3) is 0 Å². The van der Waals surface area contributed by atoms with E-state index in [2.05, 4.69) is 15.0 Å². The van der Waals surface area contributed by atoms with Gasteiger partial charge in [-0.2, -0.15) is 0 Å². The first kappa shape index (κ1) is 15.8. The van der Waals surface area contributed by atoms with Crippen LogP contribution in [0.2, 0.25) is 5.02 Å². The van der Waals surface area contributed by atoms with Gasteiger partial charge in [0.05, 0.1) is 17.3 Å². The first-order chi connectivity index (χ1) is 9.94. The van der Waals surface area contributed by atoms with Gasteiger partial charge in [-0.3, -0.25) is 0 Å². The Morgan fingerprint density at radius 1 is 1.48 bits per heavy atom. The van der Waals surface area contributed by atoms with E-state index >= 15 is 0 Å². The number of nitrogens with one attached hydrogen (secondary N) is 2. The zero-order chi connectivity index (χ0) is 15.5. The van der Waals surface area contributed by atoms with Crippen molar-refractivity contribution in [3.05, 3.63) is 41.4 Å². The molecule has 0 fully saturated rings. The lowest BCUT2D eigenvalue weighted by Crippen LogP contribution is -2.26. The number of hydrogen-bond acceptors (Lipinski definition) is 5. The van der Waals surface area contributed by atoms with Crippen LogP contribution in [0.3, 0.4) is 0 Å². The molecule has 0 radical (unpaired) electrons. The molecule has 114 valence electrons. The Morgan fingerprint density at radius 3 is 2.81 bits per heavy atom. The van der Waals surface area contributed by atoms with Gasteiger partial charge in [0.1, 0.15) is 16.5 Å². The topological polar surface area (TPSA) is 84.2 Å². The first-order valence-electron chi connectivity index (χ1n) is 6.39. The SMILES string of the molecule is CCNc1ncc(S(=O)(=O)NC(C)c2ccco2)cc1Cl. The largest absolute Gasteiger partial charge is 0.468 e. The number of sulfonamides is 1. The highest BCUT2D eigenvalue weighted by molar-refractivity contribution is 7.89. The number of nitrogens with zero attached hydrogens (tertiary/aromatic N) is 1. The highest BCUT2D eigenvalue weighted by atomic mass is 35.5. The molecule has 2 N–H and O–H groups in total. The molecule has 0 saturated heterocycles. The second-order valence-corrected chi connectivity index (χ2v) is 6.51. The second-order valence-electron chi connectivity index (χ2n) is 4.39. The van der Waals surface area contributed by atoms with Crippen LogP contribution in [0.4, 0.5) is 5.82 Å². The summed E-state index contributed by atoms with van der Waals surface area (Å²) in [5.74, 6) is 0.985. The van der Waals surface area contributed by atoms with E-state index in [4.69, 9.17) is 16.0 Å². The molecular formula is C13H16ClN3O3S. The Kier molecular flexibility index (Phi) is 4.87. The standard InChI is InChI=1S/C13H16ClN3O3S/c1-3-15-13-11(14)7-10(8-16-13)21(18,19)17-9(2)12-5-4-6-20-12/h4-9,17H,3H2,1-2H3,(H,15,16). The summed E-state index contributed by atoms with van der Waals surface area (Å²) in [6.07, 6.45) is 2.75. The van der Waals surface area contributed by atoms with Crippen LogP contribution in [-0.2, 0) is 10.0 Å². The Morgan fingerprint density at radius 2 is 2.24 bits per heavy atom. The molecule has 0 bridgehead atoms. The zero-order valence-electron chi connectivity index (χ0n) is 11.6. The maximum absolute atomic E-state index is 12.3. The second kappa shape index (κ2) is 6.46. The van der Waals surface area contributed by atoms with Gasteiger partial charge < -0.3 is 9.73 Å². The van der Waals surface area contributed by atoms with Gasteiger partial charge in [0.2, 0.25) is 10.0 Å². The molecule has 1 atom stereocenters. The van der Waals surface area contributed by atoms with Gasteiger partial charge >= 0.3 is 0 Å². The molecule has 0 saturated carbocycles. The van der Waals surface area contributed by atoms with Crippen molar-refractivity contribution < 1.29 is 12.8 Å². The maximum atomic E-state index is 12.3. The fourth-order valence-electron chi connectivity index (χ4n) is 1.76. The van der Waals surface area contributed by atoms with Gasteiger partial charge in [-0.1, -0.05) is 11.6 Å². The number of pyridine rings is 1. The summed E-state index contributed by atoms with van der Waals surface area (Å²) in [5.41, 5.74) is 0. The first-order valence-corrected chi connectivity index (χ1v) is 8.25. The van der Waals surface area contributed by atoms with Crippen LogP contribution >= 0.6 is 11.6 Å². The van der Waals surface area contributed by atoms with Crippen molar-refractivity contribution in [1.82, 2.24) is 9.71 Å². The molecule has 8 heteroatoms. The fourth-order valence-corrected chi connectivity index (χ4v) is 3.24. The highest BCUT2D eigenvalue weighted by Gasteiger charge is 2.21. The molecule has 2 aromatic rings. The minimum Gasteiger partial charge on any atom is -0.468 e. The number of aromatic nitrogens is 1. The molecular weight excluding hydrogens is 314 g/mol. The van der Waals surface area contributed by atoms with E-state index in [1.54, 1.807) is 19.1 Å². The lowest BCUT2D eigenvalue weighted by atomic mass is 10.3. The third kappa shape index (κ3) is 3.75. The number of furan rings is 1. The lowest BCUT2D eigenvalue weighted by Gasteiger charge is -2.13. The molecule has 0 amide bonds. The van der Waals surface area contributed by atoms with Crippen LogP contribution in [0, 0.1) is 0 Å². The van der Waals surface area contributed by atoms with Gasteiger partial charge in [-0.25, -0.2) is 18.1 Å². The van der Waals surface area contributed by atoms with Crippen molar-refractivity contribution >= 4 is 27.4 Å². The molecule has 2 heterocycles. The van der Waals surface area contributed by atoms with E-state index in [-0.39, 0.29) is 9.92 Å². The summed E-state index contributed by atoms with van der Waals surface area (Å²) < 4.78 is 32.3. The summed E-state index contributed by atoms with van der Waals surface area (Å²) in [6, 6.07) is 4.28. The minimum absolute atomic E-state index is 0.00700. The fraction of sp³-hybridized carbons (Fsp3) is 0.308. The number of anilines is 1. The molecule has 0 aliphatic carbocycles. The Labute approximate surface area is 128 Å². The van der Waals surface area contributed by atoms with Gasteiger partial charge in [0.15, 0.2) is 0 Å². The quantitative estimate of drug-likeness (QED) is 0.851. The van der Waals surface area contributed by atoms with Crippen molar-refractivity contribution in [2.24, 2.45) is 0 Å². The molecule has 2 rings (SSSR count). The normalized spacial score (nSPS) is 13.1. The Hall–Kier alpha value is -1.57. The van der Waals surface area contributed by atoms with Crippen molar-refractivity contribution in [2.45, 2.75) is 24.8 Å². The molecule has 6 nitrogen and oxygen atoms in total. The van der Waals surface area contributed by atoms with Crippen LogP contribution in [0.1, 0.15) is 25.6 Å². The summed E-state index contributed by atoms with van der Waals surface area (Å²) in [6.45, 7) is 4.24. The molecule has 1 unspecified atom stereocenters. The number of rotatable bonds is 6. The zero-order valence-corrected chi connectivity index (χ0v) is 13.2. The Balaban J connectivity index is 2.21. The minimum atomic E-state index is -3.72. The van der Waals surface area contributed by atoms with Crippen LogP contribution in [0.25, 0.3) is 0 Å². The van der Waals surface area contributed by atoms with Crippen LogP contribution < -0.4 is 10.0 Å². The highest BCUT2D eigenvalue weighted by Crippen LogP contribution is 2.23. The molecule has 0 aliphatic heterocycles. The summed E-state index contributed by atoms with van der Waals surface area (Å²) in [4.78, 5) is 4.03. The van der Waals surface area contributed by atoms with Crippen LogP contribution in [-0.4, -0.2) is 19.9 Å². The molecule has 0 aromatic carbocycles. The molecule has 2 aromatic heterocycles. The van der Waals surface area contributed by atoms with Crippen molar-refractivity contribution in [1.29, 1.82) is 0 Å². The molecule has 0 aliphatic rings. The van der Waals surface area contributed by atoms with Gasteiger partial charge in [-0.05, 0) is 32.0 Å². The van der Waals surface area contributed by atoms with Crippen LogP contribution in [0.15, 0.2) is 40.0 Å². The van der Waals surface area contributed by atoms with E-state index in [1.807, 2.05) is 6.92 Å². The van der Waals surface area contributed by atoms with E-state index in [0.29, 0.717) is 18.1 Å². The number of halogens is 1. The van der Waals surface area contributed by atoms with Crippen molar-refractivity contribution in [2.75, 3.05) is 11.9 Å². The van der Waals surface area contributed by atoms with Gasteiger partial charge in [-0.15, -0.1) is 0 Å². The van der Waals surface area contributed by atoms with E-state index in [0.717, 1.165) is 0 Å². The summed E-state index contributed by atoms with van der Waals surface area (Å²) in [5, 5.41) is 3.20. The average molecular weight is 330 g/mol. The number of hydrogen-bond donors (Lipinski definition) is 2. The third-order valence-corrected chi connectivity index (χ3v) is 4.57. The maximum Gasteiger partial charge on any atom is 0.242 e. The monoisotopic (exact) mass is 329 g/mol. The van der Waals surface area contributed by atoms with E-state index in [9.17, 15) is 8.42 Å². The van der Waals surface area contributed by atoms with Crippen LogP contribution in [0.5, 0.6) is 0 Å². The molecule has 0 spiro atoms. The van der Waals surface area contributed by atoms with E-state index in [1.165, 1.54) is 18.5 Å². The Bertz CT molecular complexity index is 701. The van der Waals surface area contributed by atoms with Crippen molar-refractivity contribution in [3.8, 4) is 0 Å². The lowest BCUT2D eigenvalue weighted by molar-refractivity contribution is 0.459. The van der Waals surface area contributed by atoms with Crippen molar-refractivity contribution in [3.63, 3.8) is 0 Å². The predicted molar refractivity (Wildman–Crippen MR) is 80.9 cm³/mol. The molecule has 21 heavy (non-hydrogen) atoms. The average Bonchev–Trinajstić information content (AvgIpc) is 2.95. The summed E-state index contributed by atoms with van der Waals surface area (Å²) >= 11 is 6.01.